The van der Waals surface area contributed by atoms with E-state index >= 15 is 0 Å². The van der Waals surface area contributed by atoms with E-state index in [0.29, 0.717) is 12.1 Å². The smallest absolute Gasteiger partial charge is 0.0880 e. The zero-order valence-corrected chi connectivity index (χ0v) is 15.7. The molecule has 0 aromatic heterocycles. The van der Waals surface area contributed by atoms with Crippen LogP contribution in [0.15, 0.2) is 0 Å². The molecule has 3 aliphatic rings. The fraction of sp³-hybridized carbons (Fsp3) is 1.00. The van der Waals surface area contributed by atoms with Gasteiger partial charge in [-0.2, -0.15) is 0 Å². The van der Waals surface area contributed by atoms with Gasteiger partial charge >= 0.3 is 0 Å². The van der Waals surface area contributed by atoms with Gasteiger partial charge in [-0.1, -0.05) is 20.8 Å². The van der Waals surface area contributed by atoms with Crippen molar-refractivity contribution in [1.29, 1.82) is 0 Å². The molecule has 0 radical (unpaired) electrons. The van der Waals surface area contributed by atoms with Crippen LogP contribution in [0.2, 0.25) is 0 Å². The molecule has 0 aliphatic carbocycles. The van der Waals surface area contributed by atoms with Gasteiger partial charge in [0.15, 0.2) is 0 Å². The topological polar surface area (TPSA) is 37.4 Å². The van der Waals surface area contributed by atoms with Crippen molar-refractivity contribution < 1.29 is 14.2 Å². The summed E-state index contributed by atoms with van der Waals surface area (Å²) in [7, 11) is 0. The summed E-state index contributed by atoms with van der Waals surface area (Å²) in [6.07, 6.45) is 0.511. The molecule has 24 heavy (non-hydrogen) atoms. The molecule has 3 saturated heterocycles. The quantitative estimate of drug-likeness (QED) is 0.726. The minimum atomic E-state index is 0.243. The van der Waals surface area contributed by atoms with Crippen molar-refractivity contribution >= 4 is 0 Å². The van der Waals surface area contributed by atoms with Gasteiger partial charge in [-0.05, 0) is 19.6 Å². The molecule has 3 fully saturated rings. The number of hydrogen-bond donors (Lipinski definition) is 0. The Morgan fingerprint density at radius 2 is 1.50 bits per heavy atom. The van der Waals surface area contributed by atoms with Crippen LogP contribution in [-0.2, 0) is 14.2 Å². The van der Waals surface area contributed by atoms with E-state index < -0.39 is 0 Å². The van der Waals surface area contributed by atoms with Gasteiger partial charge in [-0.3, -0.25) is 14.7 Å². The summed E-state index contributed by atoms with van der Waals surface area (Å²) in [4.78, 5) is 7.57. The highest BCUT2D eigenvalue weighted by Gasteiger charge is 2.40. The average Bonchev–Trinajstić information content (AvgIpc) is 2.67. The maximum absolute atomic E-state index is 6.35. The van der Waals surface area contributed by atoms with Gasteiger partial charge in [0.1, 0.15) is 0 Å². The normalized spacial score (nSPS) is 37.6. The molecule has 140 valence electrons. The van der Waals surface area contributed by atoms with Crippen molar-refractivity contribution in [2.45, 2.75) is 45.1 Å². The van der Waals surface area contributed by atoms with Crippen molar-refractivity contribution in [3.8, 4) is 0 Å². The fourth-order valence-electron chi connectivity index (χ4n) is 4.33. The Morgan fingerprint density at radius 3 is 2.25 bits per heavy atom. The zero-order chi connectivity index (χ0) is 16.9. The first-order valence-corrected chi connectivity index (χ1v) is 9.78. The van der Waals surface area contributed by atoms with Crippen molar-refractivity contribution in [2.75, 3.05) is 72.2 Å². The maximum atomic E-state index is 6.35. The molecule has 4 atom stereocenters. The van der Waals surface area contributed by atoms with E-state index in [0.717, 1.165) is 72.2 Å². The van der Waals surface area contributed by atoms with Crippen LogP contribution in [-0.4, -0.2) is 111 Å². The van der Waals surface area contributed by atoms with E-state index in [1.165, 1.54) is 0 Å². The first kappa shape index (κ1) is 18.5. The molecule has 0 N–H and O–H groups in total. The highest BCUT2D eigenvalue weighted by molar-refractivity contribution is 4.93. The Balaban J connectivity index is 1.61. The number of likely N-dealkylation sites (N-methyl/N-ethyl adjacent to an activating group) is 3. The number of ether oxygens (including phenoxy) is 3. The summed E-state index contributed by atoms with van der Waals surface area (Å²) < 4.78 is 18.2. The summed E-state index contributed by atoms with van der Waals surface area (Å²) in [6.45, 7) is 17.3. The molecule has 4 unspecified atom stereocenters. The van der Waals surface area contributed by atoms with Gasteiger partial charge in [0.2, 0.25) is 0 Å². The first-order valence-electron chi connectivity index (χ1n) is 9.78. The Labute approximate surface area is 147 Å². The Morgan fingerprint density at radius 1 is 0.750 bits per heavy atom. The maximum Gasteiger partial charge on any atom is 0.0880 e. The summed E-state index contributed by atoms with van der Waals surface area (Å²) in [6, 6.07) is 0.762. The van der Waals surface area contributed by atoms with Crippen molar-refractivity contribution in [3.63, 3.8) is 0 Å². The third kappa shape index (κ3) is 4.11. The molecule has 3 rings (SSSR count). The van der Waals surface area contributed by atoms with Crippen molar-refractivity contribution in [1.82, 2.24) is 14.7 Å². The zero-order valence-electron chi connectivity index (χ0n) is 15.7. The number of rotatable bonds is 5. The van der Waals surface area contributed by atoms with Crippen LogP contribution >= 0.6 is 0 Å². The van der Waals surface area contributed by atoms with Crippen LogP contribution in [0.25, 0.3) is 0 Å². The number of morpholine rings is 3. The number of hydrogen-bond acceptors (Lipinski definition) is 6. The summed E-state index contributed by atoms with van der Waals surface area (Å²) in [5.41, 5.74) is 0. The van der Waals surface area contributed by atoms with Crippen molar-refractivity contribution in [3.05, 3.63) is 0 Å². The minimum Gasteiger partial charge on any atom is -0.378 e. The summed E-state index contributed by atoms with van der Waals surface area (Å²) in [5, 5.41) is 0. The molecule has 0 amide bonds. The lowest BCUT2D eigenvalue weighted by Crippen LogP contribution is -2.64. The van der Waals surface area contributed by atoms with Crippen LogP contribution in [0.5, 0.6) is 0 Å². The van der Waals surface area contributed by atoms with Crippen LogP contribution in [0.1, 0.15) is 20.8 Å². The largest absolute Gasteiger partial charge is 0.378 e. The molecule has 0 bridgehead atoms. The van der Waals surface area contributed by atoms with Crippen LogP contribution in [0, 0.1) is 0 Å². The van der Waals surface area contributed by atoms with Gasteiger partial charge in [0.05, 0.1) is 50.7 Å². The Hall–Kier alpha value is -0.240. The SMILES string of the molecule is CCN1CCOC(C2COC(C3COCCN3CC)CN2CC)C1. The van der Waals surface area contributed by atoms with E-state index in [1.807, 2.05) is 0 Å². The second-order valence-corrected chi connectivity index (χ2v) is 7.10. The van der Waals surface area contributed by atoms with Gasteiger partial charge in [-0.25, -0.2) is 0 Å². The van der Waals surface area contributed by atoms with Crippen LogP contribution in [0.4, 0.5) is 0 Å². The second kappa shape index (κ2) is 8.92. The molecule has 0 saturated carbocycles. The molecule has 0 aromatic rings. The molecular weight excluding hydrogens is 306 g/mol. The predicted octanol–water partition coefficient (Wildman–Crippen LogP) is 0.517. The van der Waals surface area contributed by atoms with Gasteiger partial charge in [-0.15, -0.1) is 0 Å². The van der Waals surface area contributed by atoms with Crippen molar-refractivity contribution in [2.24, 2.45) is 0 Å². The summed E-state index contributed by atoms with van der Waals surface area (Å²) in [5.74, 6) is 0. The average molecular weight is 341 g/mol. The lowest BCUT2D eigenvalue weighted by molar-refractivity contribution is -0.161. The summed E-state index contributed by atoms with van der Waals surface area (Å²) >= 11 is 0. The standard InChI is InChI=1S/C18H35N3O3/c1-4-19-7-10-23-17(11-19)16-14-24-18(12-21(16)6-3)15-13-22-9-8-20(15)5-2/h15-18H,4-14H2,1-3H3. The van der Waals surface area contributed by atoms with E-state index in [-0.39, 0.29) is 12.2 Å². The minimum absolute atomic E-state index is 0.243. The van der Waals surface area contributed by atoms with E-state index in [4.69, 9.17) is 14.2 Å². The molecule has 3 aliphatic heterocycles. The monoisotopic (exact) mass is 341 g/mol. The lowest BCUT2D eigenvalue weighted by atomic mass is 10.0. The fourth-order valence-corrected chi connectivity index (χ4v) is 4.33. The molecule has 6 heteroatoms. The Bertz CT molecular complexity index is 385. The third-order valence-electron chi connectivity index (χ3n) is 5.94. The predicted molar refractivity (Wildman–Crippen MR) is 94.5 cm³/mol. The number of nitrogens with zero attached hydrogens (tertiary/aromatic N) is 3. The molecule has 6 nitrogen and oxygen atoms in total. The molecule has 0 aromatic carbocycles. The highest BCUT2D eigenvalue weighted by atomic mass is 16.5. The third-order valence-corrected chi connectivity index (χ3v) is 5.94. The van der Waals surface area contributed by atoms with Gasteiger partial charge in [0, 0.05) is 26.2 Å². The molecular formula is C18H35N3O3. The van der Waals surface area contributed by atoms with E-state index in [1.54, 1.807) is 0 Å². The first-order chi connectivity index (χ1) is 11.8. The Kier molecular flexibility index (Phi) is 6.89. The van der Waals surface area contributed by atoms with Crippen LogP contribution in [0.3, 0.4) is 0 Å². The molecule has 0 spiro atoms. The van der Waals surface area contributed by atoms with Crippen LogP contribution < -0.4 is 0 Å². The lowest BCUT2D eigenvalue weighted by Gasteiger charge is -2.48. The van der Waals surface area contributed by atoms with E-state index in [2.05, 4.69) is 35.5 Å². The molecule has 3 heterocycles. The van der Waals surface area contributed by atoms with Gasteiger partial charge in [0.25, 0.3) is 0 Å². The van der Waals surface area contributed by atoms with Gasteiger partial charge < -0.3 is 14.2 Å². The second-order valence-electron chi connectivity index (χ2n) is 7.10. The van der Waals surface area contributed by atoms with E-state index in [9.17, 15) is 0 Å². The highest BCUT2D eigenvalue weighted by Crippen LogP contribution is 2.23.